The average Bonchev–Trinajstić information content (AvgIpc) is 2.28. The average molecular weight is 259 g/mol. The van der Waals surface area contributed by atoms with Crippen LogP contribution in [0.4, 0.5) is 8.78 Å². The van der Waals surface area contributed by atoms with E-state index in [1.165, 1.54) is 19.3 Å². The smallest absolute Gasteiger partial charge is 0.248 e. The van der Waals surface area contributed by atoms with Gasteiger partial charge in [0.2, 0.25) is 5.92 Å². The largest absolute Gasteiger partial charge is 0.317 e. The van der Waals surface area contributed by atoms with E-state index >= 15 is 0 Å². The van der Waals surface area contributed by atoms with E-state index in [-0.39, 0.29) is 18.8 Å². The lowest BCUT2D eigenvalue weighted by Gasteiger charge is -2.38. The molecule has 2 rings (SSSR count). The summed E-state index contributed by atoms with van der Waals surface area (Å²) < 4.78 is 26.9. The highest BCUT2D eigenvalue weighted by Crippen LogP contribution is 2.42. The molecule has 106 valence electrons. The number of rotatable bonds is 3. The second kappa shape index (κ2) is 5.85. The Morgan fingerprint density at radius 1 is 1.22 bits per heavy atom. The first-order chi connectivity index (χ1) is 8.50. The molecule has 2 aliphatic rings. The second-order valence-electron chi connectivity index (χ2n) is 6.63. The van der Waals surface area contributed by atoms with Crippen molar-refractivity contribution < 1.29 is 8.78 Å². The number of hydrogen-bond donors (Lipinski definition) is 1. The molecular weight excluding hydrogens is 232 g/mol. The van der Waals surface area contributed by atoms with Crippen LogP contribution in [0.5, 0.6) is 0 Å². The Hall–Kier alpha value is -0.180. The zero-order chi connectivity index (χ0) is 13.2. The van der Waals surface area contributed by atoms with E-state index in [0.29, 0.717) is 18.4 Å². The van der Waals surface area contributed by atoms with Crippen molar-refractivity contribution >= 4 is 0 Å². The Morgan fingerprint density at radius 3 is 2.67 bits per heavy atom. The fraction of sp³-hybridized carbons (Fsp3) is 1.00. The minimum atomic E-state index is -2.39. The van der Waals surface area contributed by atoms with Gasteiger partial charge in [-0.25, -0.2) is 8.78 Å². The standard InChI is InChI=1S/C15H27F2N/c1-11-5-6-14(18-2)13(8-11)9-12-4-3-7-15(16,17)10-12/h11-14,18H,3-10H2,1-2H3. The molecule has 4 unspecified atom stereocenters. The third-order valence-electron chi connectivity index (χ3n) is 4.99. The van der Waals surface area contributed by atoms with Gasteiger partial charge in [0.1, 0.15) is 0 Å². The normalized spacial score (nSPS) is 40.7. The van der Waals surface area contributed by atoms with E-state index in [1.54, 1.807) is 0 Å². The number of hydrogen-bond acceptors (Lipinski definition) is 1. The van der Waals surface area contributed by atoms with Gasteiger partial charge in [-0.2, -0.15) is 0 Å². The van der Waals surface area contributed by atoms with Gasteiger partial charge in [-0.3, -0.25) is 0 Å². The van der Waals surface area contributed by atoms with Gasteiger partial charge in [0.15, 0.2) is 0 Å². The van der Waals surface area contributed by atoms with Crippen LogP contribution in [0, 0.1) is 17.8 Å². The van der Waals surface area contributed by atoms with E-state index in [1.807, 2.05) is 7.05 Å². The van der Waals surface area contributed by atoms with Gasteiger partial charge in [-0.15, -0.1) is 0 Å². The maximum absolute atomic E-state index is 13.4. The van der Waals surface area contributed by atoms with Crippen LogP contribution in [0.2, 0.25) is 0 Å². The Bertz CT molecular complexity index is 267. The summed E-state index contributed by atoms with van der Waals surface area (Å²) in [5, 5.41) is 3.40. The number of nitrogens with one attached hydrogen (secondary N) is 1. The molecule has 0 saturated heterocycles. The first kappa shape index (κ1) is 14.2. The van der Waals surface area contributed by atoms with Crippen LogP contribution in [-0.4, -0.2) is 19.0 Å². The zero-order valence-electron chi connectivity index (χ0n) is 11.7. The number of alkyl halides is 2. The number of halogens is 2. The molecule has 1 nitrogen and oxygen atoms in total. The Morgan fingerprint density at radius 2 is 2.00 bits per heavy atom. The van der Waals surface area contributed by atoms with Crippen molar-refractivity contribution in [1.29, 1.82) is 0 Å². The molecule has 1 N–H and O–H groups in total. The minimum Gasteiger partial charge on any atom is -0.317 e. The highest BCUT2D eigenvalue weighted by molar-refractivity contribution is 4.87. The Balaban J connectivity index is 1.90. The maximum atomic E-state index is 13.4. The molecule has 0 aromatic heterocycles. The fourth-order valence-corrected chi connectivity index (χ4v) is 4.04. The zero-order valence-corrected chi connectivity index (χ0v) is 11.7. The van der Waals surface area contributed by atoms with Crippen LogP contribution < -0.4 is 5.32 Å². The summed E-state index contributed by atoms with van der Waals surface area (Å²) in [5.41, 5.74) is 0. The summed E-state index contributed by atoms with van der Waals surface area (Å²) in [6, 6.07) is 0.553. The minimum absolute atomic E-state index is 0.111. The highest BCUT2D eigenvalue weighted by Gasteiger charge is 2.38. The molecule has 0 aromatic carbocycles. The molecule has 2 aliphatic carbocycles. The summed E-state index contributed by atoms with van der Waals surface area (Å²) in [5.74, 6) is -0.764. The van der Waals surface area contributed by atoms with Crippen molar-refractivity contribution in [1.82, 2.24) is 5.32 Å². The Labute approximate surface area is 110 Å². The van der Waals surface area contributed by atoms with Gasteiger partial charge in [-0.05, 0) is 56.9 Å². The predicted molar refractivity (Wildman–Crippen MR) is 70.9 cm³/mol. The molecule has 0 spiro atoms. The van der Waals surface area contributed by atoms with Gasteiger partial charge in [-0.1, -0.05) is 13.3 Å². The molecule has 0 aliphatic heterocycles. The van der Waals surface area contributed by atoms with Crippen LogP contribution in [0.25, 0.3) is 0 Å². The molecule has 0 radical (unpaired) electrons. The highest BCUT2D eigenvalue weighted by atomic mass is 19.3. The fourth-order valence-electron chi connectivity index (χ4n) is 4.04. The molecule has 18 heavy (non-hydrogen) atoms. The van der Waals surface area contributed by atoms with E-state index in [0.717, 1.165) is 18.8 Å². The van der Waals surface area contributed by atoms with E-state index in [2.05, 4.69) is 12.2 Å². The van der Waals surface area contributed by atoms with Crippen LogP contribution in [0.3, 0.4) is 0 Å². The van der Waals surface area contributed by atoms with E-state index in [4.69, 9.17) is 0 Å². The molecule has 0 bridgehead atoms. The van der Waals surface area contributed by atoms with Crippen LogP contribution >= 0.6 is 0 Å². The third-order valence-corrected chi connectivity index (χ3v) is 4.99. The topological polar surface area (TPSA) is 12.0 Å². The summed E-state index contributed by atoms with van der Waals surface area (Å²) in [6.45, 7) is 2.30. The molecule has 0 aromatic rings. The van der Waals surface area contributed by atoms with Crippen LogP contribution in [-0.2, 0) is 0 Å². The summed E-state index contributed by atoms with van der Waals surface area (Å²) in [4.78, 5) is 0. The van der Waals surface area contributed by atoms with Crippen molar-refractivity contribution in [2.45, 2.75) is 70.3 Å². The second-order valence-corrected chi connectivity index (χ2v) is 6.63. The molecule has 0 amide bonds. The molecule has 4 atom stereocenters. The van der Waals surface area contributed by atoms with Gasteiger partial charge >= 0.3 is 0 Å². The monoisotopic (exact) mass is 259 g/mol. The third kappa shape index (κ3) is 3.66. The van der Waals surface area contributed by atoms with E-state index < -0.39 is 5.92 Å². The van der Waals surface area contributed by atoms with Gasteiger partial charge in [0, 0.05) is 18.9 Å². The lowest BCUT2D eigenvalue weighted by Crippen LogP contribution is -2.40. The summed E-state index contributed by atoms with van der Waals surface area (Å²) in [6.07, 6.45) is 6.68. The predicted octanol–water partition coefficient (Wildman–Crippen LogP) is 4.23. The van der Waals surface area contributed by atoms with Crippen molar-refractivity contribution in [3.63, 3.8) is 0 Å². The first-order valence-electron chi connectivity index (χ1n) is 7.55. The van der Waals surface area contributed by atoms with Gasteiger partial charge in [0.25, 0.3) is 0 Å². The van der Waals surface area contributed by atoms with Crippen LogP contribution in [0.1, 0.15) is 58.3 Å². The molecule has 0 heterocycles. The summed E-state index contributed by atoms with van der Waals surface area (Å²) in [7, 11) is 2.02. The maximum Gasteiger partial charge on any atom is 0.248 e. The molecule has 3 heteroatoms. The van der Waals surface area contributed by atoms with Crippen molar-refractivity contribution in [3.05, 3.63) is 0 Å². The van der Waals surface area contributed by atoms with Crippen molar-refractivity contribution in [2.75, 3.05) is 7.05 Å². The van der Waals surface area contributed by atoms with E-state index in [9.17, 15) is 8.78 Å². The Kier molecular flexibility index (Phi) is 4.63. The van der Waals surface area contributed by atoms with Gasteiger partial charge < -0.3 is 5.32 Å². The van der Waals surface area contributed by atoms with Gasteiger partial charge in [0.05, 0.1) is 0 Å². The van der Waals surface area contributed by atoms with Crippen molar-refractivity contribution in [3.8, 4) is 0 Å². The van der Waals surface area contributed by atoms with Crippen LogP contribution in [0.15, 0.2) is 0 Å². The molecule has 2 fully saturated rings. The molecular formula is C15H27F2N. The first-order valence-corrected chi connectivity index (χ1v) is 7.55. The SMILES string of the molecule is CNC1CCC(C)CC1CC1CCCC(F)(F)C1. The van der Waals surface area contributed by atoms with Crippen molar-refractivity contribution in [2.24, 2.45) is 17.8 Å². The molecule has 2 saturated carbocycles. The lowest BCUT2D eigenvalue weighted by atomic mass is 9.72. The summed E-state index contributed by atoms with van der Waals surface area (Å²) >= 11 is 0. The lowest BCUT2D eigenvalue weighted by molar-refractivity contribution is -0.0574. The quantitative estimate of drug-likeness (QED) is 0.800.